The lowest BCUT2D eigenvalue weighted by Crippen LogP contribution is -1.91. The minimum Gasteiger partial charge on any atom is -0.296 e. The third kappa shape index (κ3) is 2.44. The number of aromatic nitrogens is 2. The lowest BCUT2D eigenvalue weighted by atomic mass is 10.2. The van der Waals surface area contributed by atoms with E-state index >= 15 is 0 Å². The number of pyridine rings is 1. The molecule has 0 aliphatic heterocycles. The SMILES string of the molecule is O=Cc1c(SCc2ccccc2Cl)nc2ccccn12. The molecule has 0 amide bonds. The molecular weight excluding hydrogens is 292 g/mol. The molecule has 20 heavy (non-hydrogen) atoms. The Labute approximate surface area is 125 Å². The molecule has 0 N–H and O–H groups in total. The summed E-state index contributed by atoms with van der Waals surface area (Å²) in [6, 6.07) is 13.4. The Morgan fingerprint density at radius 2 is 2.00 bits per heavy atom. The topological polar surface area (TPSA) is 34.4 Å². The van der Waals surface area contributed by atoms with Gasteiger partial charge in [-0.05, 0) is 23.8 Å². The predicted molar refractivity (Wildman–Crippen MR) is 81.6 cm³/mol. The zero-order chi connectivity index (χ0) is 13.9. The van der Waals surface area contributed by atoms with E-state index in [0.717, 1.165) is 27.5 Å². The second-order valence-electron chi connectivity index (χ2n) is 4.23. The molecule has 0 saturated carbocycles. The highest BCUT2D eigenvalue weighted by Crippen LogP contribution is 2.28. The van der Waals surface area contributed by atoms with Crippen molar-refractivity contribution in [1.82, 2.24) is 9.38 Å². The average Bonchev–Trinajstić information content (AvgIpc) is 2.84. The maximum atomic E-state index is 11.3. The van der Waals surface area contributed by atoms with Crippen LogP contribution in [0.15, 0.2) is 53.7 Å². The van der Waals surface area contributed by atoms with Gasteiger partial charge in [-0.15, -0.1) is 0 Å². The molecule has 0 atom stereocenters. The highest BCUT2D eigenvalue weighted by atomic mass is 35.5. The molecule has 0 aliphatic carbocycles. The van der Waals surface area contributed by atoms with Crippen LogP contribution in [-0.2, 0) is 5.75 Å². The Hall–Kier alpha value is -1.78. The molecule has 0 radical (unpaired) electrons. The van der Waals surface area contributed by atoms with E-state index in [1.165, 1.54) is 11.8 Å². The first kappa shape index (κ1) is 13.2. The van der Waals surface area contributed by atoms with Crippen LogP contribution in [0.2, 0.25) is 5.02 Å². The van der Waals surface area contributed by atoms with Gasteiger partial charge in [0.2, 0.25) is 0 Å². The Kier molecular flexibility index (Phi) is 3.76. The summed E-state index contributed by atoms with van der Waals surface area (Å²) in [5.41, 5.74) is 2.39. The maximum Gasteiger partial charge on any atom is 0.169 e. The first-order valence-electron chi connectivity index (χ1n) is 6.08. The number of halogens is 1. The minimum absolute atomic E-state index is 0.581. The summed E-state index contributed by atoms with van der Waals surface area (Å²) in [5, 5.41) is 1.46. The van der Waals surface area contributed by atoms with Gasteiger partial charge in [0, 0.05) is 17.0 Å². The van der Waals surface area contributed by atoms with Gasteiger partial charge in [-0.3, -0.25) is 9.20 Å². The fourth-order valence-electron chi connectivity index (χ4n) is 1.97. The second kappa shape index (κ2) is 5.69. The first-order valence-corrected chi connectivity index (χ1v) is 7.44. The zero-order valence-corrected chi connectivity index (χ0v) is 12.1. The summed E-state index contributed by atoms with van der Waals surface area (Å²) in [6.07, 6.45) is 2.68. The van der Waals surface area contributed by atoms with E-state index in [0.29, 0.717) is 11.4 Å². The van der Waals surface area contributed by atoms with Crippen molar-refractivity contribution in [2.75, 3.05) is 0 Å². The van der Waals surface area contributed by atoms with Crippen LogP contribution in [0.4, 0.5) is 0 Å². The van der Waals surface area contributed by atoms with E-state index in [-0.39, 0.29) is 0 Å². The Bertz CT molecular complexity index is 769. The molecule has 0 saturated heterocycles. The quantitative estimate of drug-likeness (QED) is 0.538. The third-order valence-electron chi connectivity index (χ3n) is 2.97. The number of aldehydes is 1. The van der Waals surface area contributed by atoms with Gasteiger partial charge >= 0.3 is 0 Å². The van der Waals surface area contributed by atoms with Crippen molar-refractivity contribution in [3.05, 3.63) is 64.9 Å². The number of hydrogen-bond donors (Lipinski definition) is 0. The Morgan fingerprint density at radius 1 is 1.20 bits per heavy atom. The zero-order valence-electron chi connectivity index (χ0n) is 10.5. The van der Waals surface area contributed by atoms with Crippen LogP contribution >= 0.6 is 23.4 Å². The number of hydrogen-bond acceptors (Lipinski definition) is 3. The predicted octanol–water partition coefficient (Wildman–Crippen LogP) is 4.09. The molecule has 0 bridgehead atoms. The third-order valence-corrected chi connectivity index (χ3v) is 4.36. The largest absolute Gasteiger partial charge is 0.296 e. The van der Waals surface area contributed by atoms with Gasteiger partial charge in [0.15, 0.2) is 6.29 Å². The Balaban J connectivity index is 1.91. The van der Waals surface area contributed by atoms with Crippen LogP contribution in [0.1, 0.15) is 16.1 Å². The van der Waals surface area contributed by atoms with Crippen molar-refractivity contribution >= 4 is 35.3 Å². The number of thioether (sulfide) groups is 1. The van der Waals surface area contributed by atoms with Crippen LogP contribution in [-0.4, -0.2) is 15.7 Å². The van der Waals surface area contributed by atoms with E-state index in [1.54, 1.807) is 4.40 Å². The number of benzene rings is 1. The van der Waals surface area contributed by atoms with Crippen LogP contribution in [0, 0.1) is 0 Å². The summed E-state index contributed by atoms with van der Waals surface area (Å²) in [7, 11) is 0. The van der Waals surface area contributed by atoms with Gasteiger partial charge in [0.25, 0.3) is 0 Å². The molecule has 0 fully saturated rings. The monoisotopic (exact) mass is 302 g/mol. The summed E-state index contributed by atoms with van der Waals surface area (Å²) < 4.78 is 1.79. The number of carbonyl (C=O) groups is 1. The number of imidazole rings is 1. The summed E-state index contributed by atoms with van der Waals surface area (Å²) in [5.74, 6) is 0.685. The van der Waals surface area contributed by atoms with Gasteiger partial charge in [-0.1, -0.05) is 47.6 Å². The molecule has 0 spiro atoms. The molecule has 1 aromatic carbocycles. The van der Waals surface area contributed by atoms with E-state index in [4.69, 9.17) is 11.6 Å². The second-order valence-corrected chi connectivity index (χ2v) is 5.60. The molecule has 5 heteroatoms. The molecule has 0 aliphatic rings. The van der Waals surface area contributed by atoms with Crippen molar-refractivity contribution in [3.8, 4) is 0 Å². The highest BCUT2D eigenvalue weighted by molar-refractivity contribution is 7.98. The molecule has 3 aromatic rings. The molecule has 2 aromatic heterocycles. The standard InChI is InChI=1S/C15H11ClN2OS/c16-12-6-2-1-5-11(12)10-20-15-13(9-19)18-8-4-3-7-14(18)17-15/h1-9H,10H2. The van der Waals surface area contributed by atoms with Gasteiger partial charge < -0.3 is 0 Å². The van der Waals surface area contributed by atoms with Gasteiger partial charge in [0.1, 0.15) is 16.4 Å². The van der Waals surface area contributed by atoms with Crippen LogP contribution in [0.5, 0.6) is 0 Å². The fourth-order valence-corrected chi connectivity index (χ4v) is 3.25. The van der Waals surface area contributed by atoms with Crippen molar-refractivity contribution in [2.24, 2.45) is 0 Å². The lowest BCUT2D eigenvalue weighted by molar-refractivity contribution is 0.111. The smallest absolute Gasteiger partial charge is 0.169 e. The number of fused-ring (bicyclic) bond motifs is 1. The average molecular weight is 303 g/mol. The maximum absolute atomic E-state index is 11.3. The van der Waals surface area contributed by atoms with Crippen LogP contribution < -0.4 is 0 Å². The van der Waals surface area contributed by atoms with Crippen molar-refractivity contribution in [3.63, 3.8) is 0 Å². The summed E-state index contributed by atoms with van der Waals surface area (Å²) >= 11 is 7.65. The van der Waals surface area contributed by atoms with E-state index in [2.05, 4.69) is 4.98 Å². The molecule has 2 heterocycles. The van der Waals surface area contributed by atoms with Crippen LogP contribution in [0.3, 0.4) is 0 Å². The molecule has 3 rings (SSSR count). The Morgan fingerprint density at radius 3 is 2.80 bits per heavy atom. The molecular formula is C15H11ClN2OS. The lowest BCUT2D eigenvalue weighted by Gasteiger charge is -2.02. The normalized spacial score (nSPS) is 10.8. The summed E-state index contributed by atoms with van der Waals surface area (Å²) in [4.78, 5) is 15.8. The number of nitrogens with zero attached hydrogens (tertiary/aromatic N) is 2. The highest BCUT2D eigenvalue weighted by Gasteiger charge is 2.12. The van der Waals surface area contributed by atoms with Crippen molar-refractivity contribution < 1.29 is 4.79 Å². The summed E-state index contributed by atoms with van der Waals surface area (Å²) in [6.45, 7) is 0. The van der Waals surface area contributed by atoms with Crippen molar-refractivity contribution in [2.45, 2.75) is 10.8 Å². The molecule has 3 nitrogen and oxygen atoms in total. The molecule has 100 valence electrons. The van der Waals surface area contributed by atoms with Gasteiger partial charge in [-0.2, -0.15) is 0 Å². The van der Waals surface area contributed by atoms with E-state index in [1.807, 2.05) is 48.7 Å². The van der Waals surface area contributed by atoms with Crippen molar-refractivity contribution in [1.29, 1.82) is 0 Å². The minimum atomic E-state index is 0.581. The van der Waals surface area contributed by atoms with Crippen LogP contribution in [0.25, 0.3) is 5.65 Å². The first-order chi connectivity index (χ1) is 9.79. The number of carbonyl (C=O) groups excluding carboxylic acids is 1. The number of rotatable bonds is 4. The van der Waals surface area contributed by atoms with E-state index < -0.39 is 0 Å². The van der Waals surface area contributed by atoms with E-state index in [9.17, 15) is 4.79 Å². The fraction of sp³-hybridized carbons (Fsp3) is 0.0667. The van der Waals surface area contributed by atoms with Gasteiger partial charge in [0.05, 0.1) is 0 Å². The van der Waals surface area contributed by atoms with Gasteiger partial charge in [-0.25, -0.2) is 4.98 Å². The molecule has 0 unspecified atom stereocenters.